The minimum absolute atomic E-state index is 0.260. The highest BCUT2D eigenvalue weighted by molar-refractivity contribution is 7.23. The lowest BCUT2D eigenvalue weighted by atomic mass is 9.91. The topological polar surface area (TPSA) is 247 Å². The van der Waals surface area contributed by atoms with Crippen molar-refractivity contribution >= 4 is 150 Å². The van der Waals surface area contributed by atoms with Gasteiger partial charge in [0.2, 0.25) is 0 Å². The third kappa shape index (κ3) is 21.5. The summed E-state index contributed by atoms with van der Waals surface area (Å²) in [4.78, 5) is 60.0. The van der Waals surface area contributed by atoms with E-state index in [-0.39, 0.29) is 13.2 Å². The molecule has 9 heterocycles. The zero-order chi connectivity index (χ0) is 96.0. The predicted octanol–water partition coefficient (Wildman–Crippen LogP) is 24.2. The Balaban J connectivity index is 0.000000147. The minimum Gasteiger partial charge on any atom is -0.479 e. The van der Waals surface area contributed by atoms with Crippen LogP contribution in [0, 0.1) is 20.8 Å². The van der Waals surface area contributed by atoms with Crippen molar-refractivity contribution in [2.45, 2.75) is 169 Å². The Hall–Kier alpha value is -9.98. The minimum atomic E-state index is -1.16. The molecule has 29 heteroatoms. The van der Waals surface area contributed by atoms with E-state index >= 15 is 0 Å². The first-order valence-electron chi connectivity index (χ1n) is 46.2. The average Bonchev–Trinajstić information content (AvgIpc) is 1.64. The molecule has 18 rings (SSSR count). The summed E-state index contributed by atoms with van der Waals surface area (Å²) in [5, 5.41) is 36.8. The fourth-order valence-corrected chi connectivity index (χ4v) is 22.7. The summed E-state index contributed by atoms with van der Waals surface area (Å²) >= 11 is 23.7. The summed E-state index contributed by atoms with van der Waals surface area (Å²) in [5.74, 6) is -0.727. The van der Waals surface area contributed by atoms with Gasteiger partial charge in [-0.1, -0.05) is 71.2 Å². The van der Waals surface area contributed by atoms with Crippen LogP contribution < -0.4 is 5.32 Å². The van der Waals surface area contributed by atoms with Crippen LogP contribution in [0.1, 0.15) is 182 Å². The molecule has 3 fully saturated rings. The van der Waals surface area contributed by atoms with Crippen LogP contribution in [0.2, 0.25) is 15.1 Å². The normalized spacial score (nSPS) is 16.4. The molecule has 0 saturated carbocycles. The SMILES string of the molecule is CCOC(=O)[C@@H](OC(C)(C)C)c1c(C)cc2nc(-c3ccc4c(c3)c([C@H]3CCN(CCOC)C3)nn4C)sc2c1-c1ccc(Cl)cc1.CCOC(=O)[C@@H](OC(C)(C)C)c1c(C)cc2nc(-c3ccc4c(c3)c([C@H]3CCNC3)nn4C)sc2c1-c1ccc(Cl)cc1.COCCN1CC[C@H](c2nn(C)c3ccc(-c4nc5cc(C)c([C@H](OC(C)(C)C)C(=O)O)c(-c6ccc(Cl)cc6)c5s4)cc23)C1. The molecule has 0 aliphatic carbocycles. The largest absolute Gasteiger partial charge is 0.479 e. The van der Waals surface area contributed by atoms with E-state index in [1.165, 1.54) is 10.8 Å². The molecule has 0 bridgehead atoms. The Labute approximate surface area is 815 Å². The number of aliphatic carboxylic acids is 1. The number of nitrogens with zero attached hydrogens (tertiary/aromatic N) is 11. The second-order valence-corrected chi connectivity index (χ2v) is 42.5. The van der Waals surface area contributed by atoms with Gasteiger partial charge in [0, 0.05) is 167 Å². The number of carboxylic acids is 1. The maximum Gasteiger partial charge on any atom is 0.339 e. The first-order chi connectivity index (χ1) is 64.4. The number of hydrogen-bond donors (Lipinski definition) is 2. The molecule has 0 amide bonds. The highest BCUT2D eigenvalue weighted by Crippen LogP contribution is 2.51. The number of thiazole rings is 3. The van der Waals surface area contributed by atoms with Gasteiger partial charge in [-0.25, -0.2) is 29.3 Å². The van der Waals surface area contributed by atoms with E-state index in [1.807, 2.05) is 211 Å². The lowest BCUT2D eigenvalue weighted by Gasteiger charge is -2.29. The molecule has 0 unspecified atom stereocenters. The molecule has 0 radical (unpaired) electrons. The number of esters is 2. The highest BCUT2D eigenvalue weighted by atomic mass is 35.5. The summed E-state index contributed by atoms with van der Waals surface area (Å²) in [6.07, 6.45) is 0.243. The monoisotopic (exact) mass is 1940 g/mol. The summed E-state index contributed by atoms with van der Waals surface area (Å²) in [6, 6.07) is 48.5. The Morgan fingerprint density at radius 1 is 0.444 bits per heavy atom. The van der Waals surface area contributed by atoms with E-state index in [1.54, 1.807) is 48.2 Å². The fourth-order valence-electron chi connectivity index (χ4n) is 18.9. The van der Waals surface area contributed by atoms with E-state index in [0.29, 0.717) is 38.4 Å². The number of carbonyl (C=O) groups excluding carboxylic acids is 2. The molecule has 3 aliphatic heterocycles. The van der Waals surface area contributed by atoms with Crippen LogP contribution in [0.5, 0.6) is 0 Å². The molecule has 9 aromatic carbocycles. The Kier molecular flexibility index (Phi) is 29.8. The summed E-state index contributed by atoms with van der Waals surface area (Å²) in [5.41, 5.74) is 20.7. The van der Waals surface area contributed by atoms with Crippen LogP contribution in [0.15, 0.2) is 146 Å². The van der Waals surface area contributed by atoms with Crippen molar-refractivity contribution < 1.29 is 52.6 Å². The van der Waals surface area contributed by atoms with Crippen molar-refractivity contribution in [3.8, 4) is 65.1 Å². The fraction of sp³-hybridized carbons (Fsp3) is 0.406. The number of likely N-dealkylation sites (tertiary alicyclic amines) is 2. The molecule has 0 spiro atoms. The third-order valence-electron chi connectivity index (χ3n) is 25.0. The molecular weight excluding hydrogens is 1820 g/mol. The van der Waals surface area contributed by atoms with E-state index in [0.717, 1.165) is 247 Å². The lowest BCUT2D eigenvalue weighted by Crippen LogP contribution is -2.29. The first kappa shape index (κ1) is 98.1. The van der Waals surface area contributed by atoms with Gasteiger partial charge in [-0.3, -0.25) is 14.0 Å². The zero-order valence-corrected chi connectivity index (χ0v) is 85.0. The van der Waals surface area contributed by atoms with E-state index in [4.69, 9.17) is 98.2 Å². The first-order valence-corrected chi connectivity index (χ1v) is 49.8. The Bertz CT molecular complexity index is 6900. The molecule has 3 aliphatic rings. The Morgan fingerprint density at radius 3 is 1.05 bits per heavy atom. The summed E-state index contributed by atoms with van der Waals surface area (Å²) in [6.45, 7) is 36.7. The standard InChI is InChI=1S/C37H43ClN4O4S.C35H39ClN4O4S.C34H37ClN4O3S/c1-8-45-36(43)33(46-37(3,4)5)30-22(2)19-28-34(31(30)23-9-12-26(38)13-10-23)47-35(39-28)24-11-14-29-27(20-24)32(40-41(29)6)25-15-16-42(21-25)17-18-44-7;1-20-17-26-32(29(21-7-10-24(36)11-8-21)28(20)31(34(41)42)44-35(2,3)4)45-33(37-26)22-9-12-27-25(18-22)30(38-39(27)5)23-13-14-40(19-23)15-16-43-6;1-7-41-33(40)30(42-34(3,4)5)27-19(2)16-25-31(28(27)20-8-11-23(35)12-9-20)43-32(37-25)21-10-13-26-24(17-21)29(38-39(26)6)22-14-15-36-18-22/h9-14,19-20,25,33H,8,15-18,21H2,1-7H3;7-12,17-18,23,31H,13-16,19H2,1-6H3,(H,41,42);8-13,16-17,22,30,36H,7,14-15,18H2,1-6H3/t25-,33-;23-,31-;22-,30-/m000/s1. The number of halogens is 3. The average molecular weight is 1940 g/mol. The molecule has 15 aromatic rings. The van der Waals surface area contributed by atoms with Gasteiger partial charge in [0.15, 0.2) is 18.3 Å². The number of carboxylic acid groups (broad SMARTS) is 1. The maximum absolute atomic E-state index is 13.5. The van der Waals surface area contributed by atoms with Gasteiger partial charge in [-0.05, 0) is 278 Å². The van der Waals surface area contributed by atoms with Crippen LogP contribution in [0.3, 0.4) is 0 Å². The van der Waals surface area contributed by atoms with Crippen LogP contribution in [0.4, 0.5) is 0 Å². The second-order valence-electron chi connectivity index (χ2n) is 38.2. The molecule has 6 atom stereocenters. The number of fused-ring (bicyclic) bond motifs is 6. The van der Waals surface area contributed by atoms with Crippen LogP contribution in [-0.4, -0.2) is 187 Å². The number of aromatic nitrogens is 9. The number of hydrogen-bond acceptors (Lipinski definition) is 22. The van der Waals surface area contributed by atoms with E-state index in [9.17, 15) is 19.5 Å². The van der Waals surface area contributed by atoms with Crippen molar-refractivity contribution in [2.24, 2.45) is 21.1 Å². The van der Waals surface area contributed by atoms with Gasteiger partial charge in [0.25, 0.3) is 0 Å². The van der Waals surface area contributed by atoms with Gasteiger partial charge in [0.05, 0.1) is 108 Å². The van der Waals surface area contributed by atoms with Gasteiger partial charge < -0.3 is 53.4 Å². The molecule has 6 aromatic heterocycles. The number of aryl methyl sites for hydroxylation is 6. The number of methoxy groups -OCH3 is 2. The lowest BCUT2D eigenvalue weighted by molar-refractivity contribution is -0.167. The molecule has 3 saturated heterocycles. The zero-order valence-electron chi connectivity index (χ0n) is 80.2. The van der Waals surface area contributed by atoms with Crippen molar-refractivity contribution in [3.63, 3.8) is 0 Å². The quantitative estimate of drug-likeness (QED) is 0.0478. The van der Waals surface area contributed by atoms with Crippen LogP contribution in [-0.2, 0) is 68.7 Å². The molecule has 23 nitrogen and oxygen atoms in total. The van der Waals surface area contributed by atoms with Gasteiger partial charge in [0.1, 0.15) is 15.0 Å². The van der Waals surface area contributed by atoms with Gasteiger partial charge in [-0.2, -0.15) is 15.3 Å². The molecular formula is C106H119Cl3N12O11S3. The number of rotatable bonds is 26. The van der Waals surface area contributed by atoms with Crippen molar-refractivity contribution in [1.82, 2.24) is 59.4 Å². The van der Waals surface area contributed by atoms with Crippen molar-refractivity contribution in [1.29, 1.82) is 0 Å². The number of nitrogens with one attached hydrogen (secondary N) is 1. The number of ether oxygens (including phenoxy) is 7. The highest BCUT2D eigenvalue weighted by Gasteiger charge is 2.39. The molecule has 135 heavy (non-hydrogen) atoms. The maximum atomic E-state index is 13.5. The van der Waals surface area contributed by atoms with E-state index < -0.39 is 53.0 Å². The van der Waals surface area contributed by atoms with E-state index in [2.05, 4.69) is 81.8 Å². The molecule has 708 valence electrons. The van der Waals surface area contributed by atoms with Crippen LogP contribution in [0.25, 0.3) is 128 Å². The second kappa shape index (κ2) is 41.0. The van der Waals surface area contributed by atoms with Crippen LogP contribution >= 0.6 is 68.8 Å². The van der Waals surface area contributed by atoms with Crippen molar-refractivity contribution in [3.05, 3.63) is 211 Å². The molecule has 2 N–H and O–H groups in total. The number of benzene rings is 9. The Morgan fingerprint density at radius 2 is 0.756 bits per heavy atom. The van der Waals surface area contributed by atoms with Gasteiger partial charge >= 0.3 is 17.9 Å². The summed E-state index contributed by atoms with van der Waals surface area (Å²) in [7, 11) is 9.52. The predicted molar refractivity (Wildman–Crippen MR) is 547 cm³/mol. The third-order valence-corrected chi connectivity index (χ3v) is 29.1. The smallest absolute Gasteiger partial charge is 0.339 e. The van der Waals surface area contributed by atoms with Crippen molar-refractivity contribution in [2.75, 3.05) is 93.0 Å². The summed E-state index contributed by atoms with van der Waals surface area (Å²) < 4.78 is 49.6. The number of carbonyl (C=O) groups is 3. The van der Waals surface area contributed by atoms with Gasteiger partial charge in [-0.15, -0.1) is 34.0 Å².